The van der Waals surface area contributed by atoms with Crippen molar-refractivity contribution in [2.75, 3.05) is 0 Å². The third-order valence-corrected chi connectivity index (χ3v) is 13.9. The largest absolute Gasteiger partial charge is 0.0725 e. The number of benzene rings is 12. The fourth-order valence-corrected chi connectivity index (χ4v) is 11.4. The molecule has 0 atom stereocenters. The van der Waals surface area contributed by atoms with E-state index in [0.29, 0.717) is 0 Å². The molecule has 0 nitrogen and oxygen atoms in total. The smallest absolute Gasteiger partial charge is 0.0622 e. The minimum Gasteiger partial charge on any atom is -0.0622 e. The Bertz CT molecular complexity index is 3670. The van der Waals surface area contributed by atoms with Crippen LogP contribution in [0.1, 0.15) is 22.3 Å². The Morgan fingerprint density at radius 2 is 0.651 bits per heavy atom. The molecule has 0 spiro atoms. The Labute approximate surface area is 367 Å². The lowest BCUT2D eigenvalue weighted by atomic mass is 9.65. The molecular formula is C63H40. The quantitative estimate of drug-likeness (QED) is 0.120. The third-order valence-electron chi connectivity index (χ3n) is 13.9. The summed E-state index contributed by atoms with van der Waals surface area (Å²) >= 11 is 0. The zero-order chi connectivity index (χ0) is 41.5. The number of hydrogen-bond acceptors (Lipinski definition) is 0. The van der Waals surface area contributed by atoms with Gasteiger partial charge in [0.15, 0.2) is 0 Å². The molecule has 0 unspecified atom stereocenters. The van der Waals surface area contributed by atoms with E-state index in [-0.39, 0.29) is 0 Å². The molecule has 0 N–H and O–H groups in total. The molecule has 12 aromatic carbocycles. The molecular weight excluding hydrogens is 757 g/mol. The Balaban J connectivity index is 1.06. The van der Waals surface area contributed by atoms with Crippen molar-refractivity contribution < 1.29 is 0 Å². The molecule has 0 heteroatoms. The van der Waals surface area contributed by atoms with Gasteiger partial charge in [-0.2, -0.15) is 0 Å². The molecule has 0 bridgehead atoms. The van der Waals surface area contributed by atoms with Crippen LogP contribution in [0.4, 0.5) is 0 Å². The summed E-state index contributed by atoms with van der Waals surface area (Å²) in [6.45, 7) is 0. The summed E-state index contributed by atoms with van der Waals surface area (Å²) in [4.78, 5) is 0. The Kier molecular flexibility index (Phi) is 7.92. The van der Waals surface area contributed by atoms with Crippen molar-refractivity contribution in [1.29, 1.82) is 0 Å². The van der Waals surface area contributed by atoms with Crippen molar-refractivity contribution in [3.05, 3.63) is 265 Å². The number of fused-ring (bicyclic) bond motifs is 12. The van der Waals surface area contributed by atoms with E-state index in [2.05, 4.69) is 243 Å². The van der Waals surface area contributed by atoms with Crippen LogP contribution in [0.3, 0.4) is 0 Å². The SMILES string of the molecule is c1ccc(-c2c3ccccc3c(-c3cccc(-c4ccc5c6c(ccc5c4)-c4c(c5ccccc5c5ccccc45)C6(c4ccccc4)c4ccccc4)c3)c3ccccc23)cc1. The van der Waals surface area contributed by atoms with Gasteiger partial charge >= 0.3 is 0 Å². The molecule has 1 aliphatic rings. The van der Waals surface area contributed by atoms with E-state index in [4.69, 9.17) is 0 Å². The average molecular weight is 797 g/mol. The van der Waals surface area contributed by atoms with Crippen molar-refractivity contribution in [2.45, 2.75) is 5.41 Å². The van der Waals surface area contributed by atoms with Crippen LogP contribution >= 0.6 is 0 Å². The van der Waals surface area contributed by atoms with E-state index >= 15 is 0 Å². The molecule has 1 aliphatic carbocycles. The topological polar surface area (TPSA) is 0 Å². The van der Waals surface area contributed by atoms with E-state index in [0.717, 1.165) is 0 Å². The van der Waals surface area contributed by atoms with Gasteiger partial charge in [0.25, 0.3) is 0 Å². The van der Waals surface area contributed by atoms with Crippen molar-refractivity contribution >= 4 is 53.9 Å². The van der Waals surface area contributed by atoms with Crippen LogP contribution in [-0.2, 0) is 5.41 Å². The summed E-state index contributed by atoms with van der Waals surface area (Å²) < 4.78 is 0. The van der Waals surface area contributed by atoms with Gasteiger partial charge in [0.1, 0.15) is 0 Å². The predicted octanol–water partition coefficient (Wildman–Crippen LogP) is 16.8. The van der Waals surface area contributed by atoms with Crippen LogP contribution in [0, 0.1) is 0 Å². The van der Waals surface area contributed by atoms with E-state index in [1.54, 1.807) is 0 Å². The van der Waals surface area contributed by atoms with Crippen LogP contribution in [0.15, 0.2) is 243 Å². The van der Waals surface area contributed by atoms with Gasteiger partial charge in [0.2, 0.25) is 0 Å². The maximum absolute atomic E-state index is 2.42. The average Bonchev–Trinajstić information content (AvgIpc) is 3.69. The van der Waals surface area contributed by atoms with E-state index < -0.39 is 5.41 Å². The van der Waals surface area contributed by atoms with Gasteiger partial charge in [-0.3, -0.25) is 0 Å². The Morgan fingerprint density at radius 1 is 0.222 bits per heavy atom. The molecule has 0 aromatic heterocycles. The highest BCUT2D eigenvalue weighted by atomic mass is 14.5. The van der Waals surface area contributed by atoms with Crippen LogP contribution < -0.4 is 0 Å². The van der Waals surface area contributed by atoms with Gasteiger partial charge in [-0.05, 0) is 133 Å². The summed E-state index contributed by atoms with van der Waals surface area (Å²) in [5.41, 5.74) is 14.8. The molecule has 0 aliphatic heterocycles. The molecule has 12 aromatic rings. The summed E-state index contributed by atoms with van der Waals surface area (Å²) in [5, 5.41) is 12.7. The molecule has 0 amide bonds. The van der Waals surface area contributed by atoms with E-state index in [1.165, 1.54) is 121 Å². The molecule has 292 valence electrons. The molecule has 0 heterocycles. The minimum absolute atomic E-state index is 0.564. The predicted molar refractivity (Wildman–Crippen MR) is 268 cm³/mol. The first kappa shape index (κ1) is 35.7. The third kappa shape index (κ3) is 5.16. The highest BCUT2D eigenvalue weighted by Crippen LogP contribution is 2.62. The molecule has 13 rings (SSSR count). The van der Waals surface area contributed by atoms with Crippen LogP contribution in [0.25, 0.3) is 98.4 Å². The fraction of sp³-hybridized carbons (Fsp3) is 0.0159. The minimum atomic E-state index is -0.564. The first-order valence-corrected chi connectivity index (χ1v) is 22.0. The van der Waals surface area contributed by atoms with Gasteiger partial charge in [-0.15, -0.1) is 0 Å². The fourth-order valence-electron chi connectivity index (χ4n) is 11.4. The van der Waals surface area contributed by atoms with Crippen LogP contribution in [0.5, 0.6) is 0 Å². The zero-order valence-electron chi connectivity index (χ0n) is 34.6. The van der Waals surface area contributed by atoms with Gasteiger partial charge in [0.05, 0.1) is 5.41 Å². The van der Waals surface area contributed by atoms with Crippen LogP contribution in [-0.4, -0.2) is 0 Å². The Hall–Kier alpha value is -8.06. The van der Waals surface area contributed by atoms with Gasteiger partial charge in [0, 0.05) is 0 Å². The second kappa shape index (κ2) is 14.0. The lowest BCUT2D eigenvalue weighted by molar-refractivity contribution is 0.783. The molecule has 0 radical (unpaired) electrons. The highest BCUT2D eigenvalue weighted by molar-refractivity contribution is 6.22. The van der Waals surface area contributed by atoms with Crippen LogP contribution in [0.2, 0.25) is 0 Å². The van der Waals surface area contributed by atoms with E-state index in [1.807, 2.05) is 0 Å². The molecule has 0 fully saturated rings. The van der Waals surface area contributed by atoms with Gasteiger partial charge < -0.3 is 0 Å². The lowest BCUT2D eigenvalue weighted by Crippen LogP contribution is -2.29. The first-order valence-electron chi connectivity index (χ1n) is 22.0. The summed E-state index contributed by atoms with van der Waals surface area (Å²) in [6, 6.07) is 90.4. The maximum Gasteiger partial charge on any atom is 0.0725 e. The Morgan fingerprint density at radius 3 is 1.24 bits per heavy atom. The second-order valence-electron chi connectivity index (χ2n) is 17.0. The lowest BCUT2D eigenvalue weighted by Gasteiger charge is -2.35. The molecule has 0 saturated heterocycles. The summed E-state index contributed by atoms with van der Waals surface area (Å²) in [7, 11) is 0. The zero-order valence-corrected chi connectivity index (χ0v) is 34.6. The normalized spacial score (nSPS) is 12.9. The first-order chi connectivity index (χ1) is 31.3. The second-order valence-corrected chi connectivity index (χ2v) is 17.0. The highest BCUT2D eigenvalue weighted by Gasteiger charge is 2.49. The maximum atomic E-state index is 2.42. The van der Waals surface area contributed by atoms with Crippen molar-refractivity contribution in [2.24, 2.45) is 0 Å². The monoisotopic (exact) mass is 796 g/mol. The van der Waals surface area contributed by atoms with Crippen molar-refractivity contribution in [1.82, 2.24) is 0 Å². The van der Waals surface area contributed by atoms with Gasteiger partial charge in [-0.25, -0.2) is 0 Å². The molecule has 63 heavy (non-hydrogen) atoms. The number of hydrogen-bond donors (Lipinski definition) is 0. The van der Waals surface area contributed by atoms with Gasteiger partial charge in [-0.1, -0.05) is 231 Å². The molecule has 0 saturated carbocycles. The van der Waals surface area contributed by atoms with Crippen molar-refractivity contribution in [3.8, 4) is 44.5 Å². The standard InChI is InChI=1S/C63H40/c1-4-19-41(20-5-1)58-52-30-13-15-32-54(52)59(55-33-16-14-31-53(55)58)45-22-18-21-42(40-45)43-35-37-48-44(39-43)36-38-57-60-51-29-12-10-27-49(51)50-28-11-17-34-56(50)62(60)63(61(48)57,46-23-6-2-7-24-46)47-25-8-3-9-26-47/h1-40H. The number of rotatable bonds is 5. The van der Waals surface area contributed by atoms with E-state index in [9.17, 15) is 0 Å². The summed E-state index contributed by atoms with van der Waals surface area (Å²) in [6.07, 6.45) is 0. The van der Waals surface area contributed by atoms with Crippen molar-refractivity contribution in [3.63, 3.8) is 0 Å². The summed E-state index contributed by atoms with van der Waals surface area (Å²) in [5.74, 6) is 0.